The quantitative estimate of drug-likeness (QED) is 0.472. The van der Waals surface area contributed by atoms with E-state index in [0.717, 1.165) is 11.1 Å². The summed E-state index contributed by atoms with van der Waals surface area (Å²) in [6, 6.07) is 18.6. The lowest BCUT2D eigenvalue weighted by Gasteiger charge is -2.06. The first-order valence-electron chi connectivity index (χ1n) is 9.91. The standard InChI is InChI=1S/C22H25N3O4S/c26-20(23-15-8-16-30(27,28)17-18-9-3-1-4-10-18)13-7-14-21-24-25-22(29-21)19-11-5-2-6-12-19/h1-6,9-12H,7-8,13-17H2,(H,23,26). The van der Waals surface area contributed by atoms with E-state index in [1.54, 1.807) is 12.1 Å². The molecule has 30 heavy (non-hydrogen) atoms. The minimum Gasteiger partial charge on any atom is -0.421 e. The van der Waals surface area contributed by atoms with Gasteiger partial charge in [0, 0.05) is 24.9 Å². The van der Waals surface area contributed by atoms with Gasteiger partial charge in [0.25, 0.3) is 0 Å². The summed E-state index contributed by atoms with van der Waals surface area (Å²) in [7, 11) is -3.19. The maximum Gasteiger partial charge on any atom is 0.247 e. The molecule has 0 atom stereocenters. The van der Waals surface area contributed by atoms with Crippen molar-refractivity contribution < 1.29 is 17.6 Å². The second kappa shape index (κ2) is 10.7. The van der Waals surface area contributed by atoms with Crippen molar-refractivity contribution in [3.63, 3.8) is 0 Å². The van der Waals surface area contributed by atoms with Crippen LogP contribution < -0.4 is 5.32 Å². The first kappa shape index (κ1) is 21.7. The van der Waals surface area contributed by atoms with Crippen LogP contribution in [0.5, 0.6) is 0 Å². The fraction of sp³-hybridized carbons (Fsp3) is 0.318. The van der Waals surface area contributed by atoms with Crippen LogP contribution in [0.25, 0.3) is 11.5 Å². The minimum absolute atomic E-state index is 0.0247. The Balaban J connectivity index is 1.31. The monoisotopic (exact) mass is 427 g/mol. The predicted molar refractivity (Wildman–Crippen MR) is 114 cm³/mol. The Kier molecular flexibility index (Phi) is 7.73. The smallest absolute Gasteiger partial charge is 0.247 e. The Morgan fingerprint density at radius 1 is 0.933 bits per heavy atom. The number of aromatic nitrogens is 2. The normalized spacial score (nSPS) is 11.3. The van der Waals surface area contributed by atoms with Gasteiger partial charge in [-0.2, -0.15) is 0 Å². The van der Waals surface area contributed by atoms with Gasteiger partial charge in [-0.25, -0.2) is 8.42 Å². The Morgan fingerprint density at radius 2 is 1.63 bits per heavy atom. The molecule has 1 N–H and O–H groups in total. The maximum absolute atomic E-state index is 12.1. The van der Waals surface area contributed by atoms with Crippen molar-refractivity contribution in [2.45, 2.75) is 31.4 Å². The number of rotatable bonds is 11. The molecule has 0 radical (unpaired) electrons. The van der Waals surface area contributed by atoms with Gasteiger partial charge in [0.1, 0.15) is 0 Å². The SMILES string of the molecule is O=C(CCCc1nnc(-c2ccccc2)o1)NCCCS(=O)(=O)Cc1ccccc1. The average Bonchev–Trinajstić information content (AvgIpc) is 3.21. The van der Waals surface area contributed by atoms with Crippen LogP contribution in [0.4, 0.5) is 0 Å². The molecule has 0 saturated heterocycles. The molecular weight excluding hydrogens is 402 g/mol. The summed E-state index contributed by atoms with van der Waals surface area (Å²) in [5, 5.41) is 10.8. The molecule has 0 aliphatic carbocycles. The predicted octanol–water partition coefficient (Wildman–Crippen LogP) is 3.18. The minimum atomic E-state index is -3.19. The number of carbonyl (C=O) groups is 1. The molecule has 8 heteroatoms. The Hall–Kier alpha value is -3.00. The van der Waals surface area contributed by atoms with E-state index < -0.39 is 9.84 Å². The summed E-state index contributed by atoms with van der Waals surface area (Å²) < 4.78 is 29.9. The molecule has 2 aromatic carbocycles. The van der Waals surface area contributed by atoms with Gasteiger partial charge in [-0.05, 0) is 30.5 Å². The molecule has 1 amide bonds. The van der Waals surface area contributed by atoms with E-state index in [4.69, 9.17) is 4.42 Å². The first-order chi connectivity index (χ1) is 14.5. The topological polar surface area (TPSA) is 102 Å². The molecule has 1 aromatic heterocycles. The second-order valence-electron chi connectivity index (χ2n) is 7.00. The highest BCUT2D eigenvalue weighted by Gasteiger charge is 2.12. The number of nitrogens with zero attached hydrogens (tertiary/aromatic N) is 2. The zero-order valence-electron chi connectivity index (χ0n) is 16.7. The zero-order chi connectivity index (χ0) is 21.2. The number of sulfone groups is 1. The van der Waals surface area contributed by atoms with E-state index in [1.165, 1.54) is 0 Å². The summed E-state index contributed by atoms with van der Waals surface area (Å²) in [5.74, 6) is 0.919. The van der Waals surface area contributed by atoms with Gasteiger partial charge < -0.3 is 9.73 Å². The van der Waals surface area contributed by atoms with Gasteiger partial charge in [-0.3, -0.25) is 4.79 Å². The van der Waals surface area contributed by atoms with Crippen molar-refractivity contribution in [2.24, 2.45) is 0 Å². The number of amides is 1. The van der Waals surface area contributed by atoms with Crippen molar-refractivity contribution in [3.8, 4) is 11.5 Å². The summed E-state index contributed by atoms with van der Waals surface area (Å²) in [6.45, 7) is 0.339. The van der Waals surface area contributed by atoms with Crippen molar-refractivity contribution in [1.82, 2.24) is 15.5 Å². The highest BCUT2D eigenvalue weighted by molar-refractivity contribution is 7.90. The Bertz CT molecular complexity index is 1030. The molecule has 3 aromatic rings. The molecule has 3 rings (SSSR count). The van der Waals surface area contributed by atoms with E-state index in [1.807, 2.05) is 48.5 Å². The summed E-state index contributed by atoms with van der Waals surface area (Å²) in [4.78, 5) is 11.9. The van der Waals surface area contributed by atoms with E-state index in [0.29, 0.717) is 44.0 Å². The van der Waals surface area contributed by atoms with Crippen LogP contribution in [0.1, 0.15) is 30.7 Å². The van der Waals surface area contributed by atoms with E-state index in [9.17, 15) is 13.2 Å². The molecule has 0 saturated carbocycles. The molecule has 0 fully saturated rings. The zero-order valence-corrected chi connectivity index (χ0v) is 17.5. The van der Waals surface area contributed by atoms with Crippen LogP contribution in [-0.4, -0.2) is 36.8 Å². The van der Waals surface area contributed by atoms with Crippen LogP contribution in [0.15, 0.2) is 65.1 Å². The number of hydrogen-bond acceptors (Lipinski definition) is 6. The third kappa shape index (κ3) is 7.11. The molecule has 158 valence electrons. The largest absolute Gasteiger partial charge is 0.421 e. The summed E-state index contributed by atoms with van der Waals surface area (Å²) >= 11 is 0. The van der Waals surface area contributed by atoms with E-state index >= 15 is 0 Å². The first-order valence-corrected chi connectivity index (χ1v) is 11.7. The van der Waals surface area contributed by atoms with Gasteiger partial charge in [-0.15, -0.1) is 10.2 Å². The Labute approximate surface area is 176 Å². The number of hydrogen-bond donors (Lipinski definition) is 1. The molecule has 7 nitrogen and oxygen atoms in total. The molecule has 0 aliphatic heterocycles. The van der Waals surface area contributed by atoms with Gasteiger partial charge in [-0.1, -0.05) is 48.5 Å². The average molecular weight is 428 g/mol. The summed E-state index contributed by atoms with van der Waals surface area (Å²) in [5.41, 5.74) is 1.63. The van der Waals surface area contributed by atoms with Crippen molar-refractivity contribution in [3.05, 3.63) is 72.1 Å². The fourth-order valence-corrected chi connectivity index (χ4v) is 4.39. The van der Waals surface area contributed by atoms with Crippen molar-refractivity contribution in [2.75, 3.05) is 12.3 Å². The third-order valence-corrected chi connectivity index (χ3v) is 6.15. The van der Waals surface area contributed by atoms with Crippen LogP contribution in [0, 0.1) is 0 Å². The molecule has 1 heterocycles. The number of benzene rings is 2. The van der Waals surface area contributed by atoms with Crippen molar-refractivity contribution >= 4 is 15.7 Å². The lowest BCUT2D eigenvalue weighted by molar-refractivity contribution is -0.121. The number of aryl methyl sites for hydroxylation is 1. The van der Waals surface area contributed by atoms with Crippen LogP contribution in [0.2, 0.25) is 0 Å². The van der Waals surface area contributed by atoms with Gasteiger partial charge in [0.15, 0.2) is 9.84 Å². The lowest BCUT2D eigenvalue weighted by Crippen LogP contribution is -2.26. The maximum atomic E-state index is 12.1. The number of nitrogens with one attached hydrogen (secondary N) is 1. The van der Waals surface area contributed by atoms with Crippen molar-refractivity contribution in [1.29, 1.82) is 0 Å². The highest BCUT2D eigenvalue weighted by atomic mass is 32.2. The lowest BCUT2D eigenvalue weighted by atomic mass is 10.2. The summed E-state index contributed by atoms with van der Waals surface area (Å²) in [6.07, 6.45) is 1.80. The molecule has 0 unspecified atom stereocenters. The van der Waals surface area contributed by atoms with Gasteiger partial charge >= 0.3 is 0 Å². The molecule has 0 bridgehead atoms. The second-order valence-corrected chi connectivity index (χ2v) is 9.19. The fourth-order valence-electron chi connectivity index (χ4n) is 2.96. The highest BCUT2D eigenvalue weighted by Crippen LogP contribution is 2.17. The Morgan fingerprint density at radius 3 is 2.37 bits per heavy atom. The molecular formula is C22H25N3O4S. The molecule has 0 spiro atoms. The van der Waals surface area contributed by atoms with E-state index in [-0.39, 0.29) is 17.4 Å². The van der Waals surface area contributed by atoms with E-state index in [2.05, 4.69) is 15.5 Å². The third-order valence-electron chi connectivity index (χ3n) is 4.47. The van der Waals surface area contributed by atoms with Gasteiger partial charge in [0.05, 0.1) is 11.5 Å². The molecule has 0 aliphatic rings. The number of carbonyl (C=O) groups excluding carboxylic acids is 1. The van der Waals surface area contributed by atoms with Crippen LogP contribution >= 0.6 is 0 Å². The van der Waals surface area contributed by atoms with Crippen LogP contribution in [-0.2, 0) is 26.8 Å². The van der Waals surface area contributed by atoms with Gasteiger partial charge in [0.2, 0.25) is 17.7 Å². The van der Waals surface area contributed by atoms with Crippen LogP contribution in [0.3, 0.4) is 0 Å².